The number of ether oxygens (including phenoxy) is 1. The predicted molar refractivity (Wildman–Crippen MR) is 74.9 cm³/mol. The molecule has 0 amide bonds. The fourth-order valence-corrected chi connectivity index (χ4v) is 2.45. The number of halogens is 1. The van der Waals surface area contributed by atoms with Gasteiger partial charge in [-0.05, 0) is 44.2 Å². The maximum atomic E-state index is 11.8. The topological polar surface area (TPSA) is 84.3 Å². The second-order valence-corrected chi connectivity index (χ2v) is 5.12. The lowest BCUT2D eigenvalue weighted by Gasteiger charge is -2.27. The minimum absolute atomic E-state index is 0.0666. The third-order valence-electron chi connectivity index (χ3n) is 3.24. The van der Waals surface area contributed by atoms with E-state index in [-0.39, 0.29) is 29.6 Å². The summed E-state index contributed by atoms with van der Waals surface area (Å²) in [6, 6.07) is 0.0675. The Hall–Kier alpha value is -1.40. The molecule has 0 aliphatic heterocycles. The van der Waals surface area contributed by atoms with Crippen LogP contribution in [0.5, 0.6) is 0 Å². The first-order chi connectivity index (χ1) is 9.60. The van der Waals surface area contributed by atoms with Crippen LogP contribution in [0.3, 0.4) is 0 Å². The monoisotopic (exact) mass is 299 g/mol. The number of aromatic nitrogens is 2. The van der Waals surface area contributed by atoms with Crippen LogP contribution in [0.25, 0.3) is 0 Å². The van der Waals surface area contributed by atoms with E-state index in [0.717, 1.165) is 19.3 Å². The number of hydrogen-bond donors (Lipinski definition) is 2. The molecule has 1 aromatic heterocycles. The van der Waals surface area contributed by atoms with Crippen LogP contribution in [-0.2, 0) is 4.74 Å². The van der Waals surface area contributed by atoms with E-state index in [9.17, 15) is 9.90 Å². The summed E-state index contributed by atoms with van der Waals surface area (Å²) < 4.78 is 4.97. The van der Waals surface area contributed by atoms with E-state index >= 15 is 0 Å². The summed E-state index contributed by atoms with van der Waals surface area (Å²) in [5.74, 6) is -0.120. The number of nitrogens with zero attached hydrogens (tertiary/aromatic N) is 2. The number of nitrogens with one attached hydrogen (secondary N) is 1. The smallest absolute Gasteiger partial charge is 0.343 e. The lowest BCUT2D eigenvalue weighted by atomic mass is 9.93. The minimum atomic E-state index is -0.483. The molecule has 1 aliphatic carbocycles. The molecule has 2 unspecified atom stereocenters. The third kappa shape index (κ3) is 3.80. The second-order valence-electron chi connectivity index (χ2n) is 4.78. The zero-order valence-corrected chi connectivity index (χ0v) is 12.1. The normalized spacial score (nSPS) is 22.4. The minimum Gasteiger partial charge on any atom is -0.462 e. The molecule has 0 radical (unpaired) electrons. The molecule has 2 rings (SSSR count). The Morgan fingerprint density at radius 1 is 1.60 bits per heavy atom. The number of aliphatic hydroxyl groups excluding tert-OH is 1. The number of carbonyl (C=O) groups is 1. The molecule has 1 fully saturated rings. The molecule has 0 spiro atoms. The van der Waals surface area contributed by atoms with Gasteiger partial charge in [-0.2, -0.15) is 4.98 Å². The molecule has 1 saturated carbocycles. The fraction of sp³-hybridized carbons (Fsp3) is 0.615. The molecule has 20 heavy (non-hydrogen) atoms. The largest absolute Gasteiger partial charge is 0.462 e. The Morgan fingerprint density at radius 2 is 2.40 bits per heavy atom. The maximum Gasteiger partial charge on any atom is 0.343 e. The van der Waals surface area contributed by atoms with Crippen molar-refractivity contribution in [1.82, 2.24) is 9.97 Å². The van der Waals surface area contributed by atoms with Crippen molar-refractivity contribution in [3.05, 3.63) is 17.0 Å². The van der Waals surface area contributed by atoms with Gasteiger partial charge in [0.05, 0.1) is 12.7 Å². The van der Waals surface area contributed by atoms with Crippen LogP contribution in [0, 0.1) is 0 Å². The van der Waals surface area contributed by atoms with E-state index < -0.39 is 5.97 Å². The SMILES string of the molecule is CCOC(=O)c1cnc(Cl)nc1NC1CCCC(O)C1. The Morgan fingerprint density at radius 3 is 3.10 bits per heavy atom. The quantitative estimate of drug-likeness (QED) is 0.653. The van der Waals surface area contributed by atoms with Gasteiger partial charge in [0.2, 0.25) is 5.28 Å². The summed E-state index contributed by atoms with van der Waals surface area (Å²) in [6.45, 7) is 2.02. The molecule has 2 atom stereocenters. The summed E-state index contributed by atoms with van der Waals surface area (Å²) in [5, 5.41) is 12.9. The van der Waals surface area contributed by atoms with Gasteiger partial charge in [0.15, 0.2) is 0 Å². The lowest BCUT2D eigenvalue weighted by Crippen LogP contribution is -2.31. The Kier molecular flexibility index (Phi) is 5.14. The highest BCUT2D eigenvalue weighted by atomic mass is 35.5. The zero-order valence-electron chi connectivity index (χ0n) is 11.3. The zero-order chi connectivity index (χ0) is 14.5. The number of carbonyl (C=O) groups excluding carboxylic acids is 1. The molecule has 1 aromatic rings. The molecule has 0 saturated heterocycles. The fourth-order valence-electron chi connectivity index (χ4n) is 2.32. The van der Waals surface area contributed by atoms with Crippen molar-refractivity contribution in [2.24, 2.45) is 0 Å². The van der Waals surface area contributed by atoms with Crippen LogP contribution >= 0.6 is 11.6 Å². The van der Waals surface area contributed by atoms with Gasteiger partial charge < -0.3 is 15.2 Å². The molecule has 7 heteroatoms. The summed E-state index contributed by atoms with van der Waals surface area (Å²) in [6.07, 6.45) is 4.34. The van der Waals surface area contributed by atoms with Crippen LogP contribution in [-0.4, -0.2) is 39.8 Å². The van der Waals surface area contributed by atoms with E-state index in [4.69, 9.17) is 16.3 Å². The molecule has 1 heterocycles. The van der Waals surface area contributed by atoms with Crippen molar-refractivity contribution < 1.29 is 14.6 Å². The van der Waals surface area contributed by atoms with Crippen molar-refractivity contribution in [2.45, 2.75) is 44.8 Å². The van der Waals surface area contributed by atoms with Gasteiger partial charge >= 0.3 is 5.97 Å². The Balaban J connectivity index is 2.16. The van der Waals surface area contributed by atoms with Gasteiger partial charge in [-0.15, -0.1) is 0 Å². The van der Waals surface area contributed by atoms with Gasteiger partial charge in [-0.3, -0.25) is 0 Å². The van der Waals surface area contributed by atoms with E-state index in [1.807, 2.05) is 0 Å². The van der Waals surface area contributed by atoms with Gasteiger partial charge in [0, 0.05) is 12.2 Å². The standard InChI is InChI=1S/C13H18ClN3O3/c1-2-20-12(19)10-7-15-13(14)17-11(10)16-8-4-3-5-9(18)6-8/h7-9,18H,2-6H2,1H3,(H,15,16,17). The third-order valence-corrected chi connectivity index (χ3v) is 3.42. The first-order valence-corrected chi connectivity index (χ1v) is 7.12. The van der Waals surface area contributed by atoms with Crippen molar-refractivity contribution in [3.8, 4) is 0 Å². The molecule has 2 N–H and O–H groups in total. The molecule has 110 valence electrons. The van der Waals surface area contributed by atoms with Crippen LogP contribution < -0.4 is 5.32 Å². The highest BCUT2D eigenvalue weighted by molar-refractivity contribution is 6.28. The summed E-state index contributed by atoms with van der Waals surface area (Å²) in [4.78, 5) is 19.7. The summed E-state index contributed by atoms with van der Waals surface area (Å²) in [5.41, 5.74) is 0.260. The average Bonchev–Trinajstić information content (AvgIpc) is 2.39. The van der Waals surface area contributed by atoms with Gasteiger partial charge in [-0.25, -0.2) is 9.78 Å². The second kappa shape index (κ2) is 6.85. The molecule has 0 bridgehead atoms. The number of anilines is 1. The van der Waals surface area contributed by atoms with Crippen LogP contribution in [0.4, 0.5) is 5.82 Å². The van der Waals surface area contributed by atoms with E-state index in [0.29, 0.717) is 12.2 Å². The van der Waals surface area contributed by atoms with E-state index in [1.165, 1.54) is 6.20 Å². The molecular weight excluding hydrogens is 282 g/mol. The first kappa shape index (κ1) is 15.0. The van der Waals surface area contributed by atoms with E-state index in [1.54, 1.807) is 6.92 Å². The number of rotatable bonds is 4. The van der Waals surface area contributed by atoms with Crippen LogP contribution in [0.1, 0.15) is 43.0 Å². The van der Waals surface area contributed by atoms with Gasteiger partial charge in [0.25, 0.3) is 0 Å². The first-order valence-electron chi connectivity index (χ1n) is 6.74. The lowest BCUT2D eigenvalue weighted by molar-refractivity contribution is 0.0526. The molecule has 0 aromatic carbocycles. The van der Waals surface area contributed by atoms with Crippen LogP contribution in [0.2, 0.25) is 5.28 Å². The number of hydrogen-bond acceptors (Lipinski definition) is 6. The predicted octanol–water partition coefficient (Wildman–Crippen LogP) is 2.02. The van der Waals surface area contributed by atoms with Crippen molar-refractivity contribution in [2.75, 3.05) is 11.9 Å². The van der Waals surface area contributed by atoms with Gasteiger partial charge in [0.1, 0.15) is 11.4 Å². The average molecular weight is 300 g/mol. The highest BCUT2D eigenvalue weighted by Gasteiger charge is 2.23. The van der Waals surface area contributed by atoms with Gasteiger partial charge in [-0.1, -0.05) is 0 Å². The van der Waals surface area contributed by atoms with E-state index in [2.05, 4.69) is 15.3 Å². The number of aliphatic hydroxyl groups is 1. The van der Waals surface area contributed by atoms with Crippen molar-refractivity contribution in [3.63, 3.8) is 0 Å². The number of esters is 1. The van der Waals surface area contributed by atoms with Crippen molar-refractivity contribution in [1.29, 1.82) is 0 Å². The van der Waals surface area contributed by atoms with Crippen LogP contribution in [0.15, 0.2) is 6.20 Å². The van der Waals surface area contributed by atoms with Crippen molar-refractivity contribution >= 4 is 23.4 Å². The maximum absolute atomic E-state index is 11.8. The molecular formula is C13H18ClN3O3. The molecule has 6 nitrogen and oxygen atoms in total. The molecule has 1 aliphatic rings. The Labute approximate surface area is 122 Å². The summed E-state index contributed by atoms with van der Waals surface area (Å²) in [7, 11) is 0. The Bertz CT molecular complexity index is 484. The summed E-state index contributed by atoms with van der Waals surface area (Å²) >= 11 is 5.78. The highest BCUT2D eigenvalue weighted by Crippen LogP contribution is 2.24.